The minimum atomic E-state index is -5.01. The van der Waals surface area contributed by atoms with Gasteiger partial charge in [-0.15, -0.1) is 0 Å². The normalized spacial score (nSPS) is 12.1. The Kier molecular flexibility index (Phi) is 8.36. The summed E-state index contributed by atoms with van der Waals surface area (Å²) in [6.07, 6.45) is -2.78. The maximum absolute atomic E-state index is 13.9. The number of aromatic nitrogens is 1. The number of rotatable bonds is 6. The van der Waals surface area contributed by atoms with Gasteiger partial charge in [-0.3, -0.25) is 4.98 Å². The van der Waals surface area contributed by atoms with Gasteiger partial charge in [0.2, 0.25) is 5.11 Å². The number of sulfonamides is 2. The summed E-state index contributed by atoms with van der Waals surface area (Å²) in [5.41, 5.74) is -2.38. The molecule has 0 spiro atoms. The molecule has 0 amide bonds. The van der Waals surface area contributed by atoms with Gasteiger partial charge < -0.3 is 0 Å². The SMILES string of the molecule is O=S(=O)(c1ccc(F)cc1)N(C(=S)N(c1ccncc1Cl)S(=O)(=O)c1ccc(F)cc1)c1cccc(C(F)(F)F)c1. The molecule has 7 nitrogen and oxygen atoms in total. The van der Waals surface area contributed by atoms with Gasteiger partial charge in [0.25, 0.3) is 20.0 Å². The monoisotopic (exact) mass is 647 g/mol. The number of pyridine rings is 1. The Morgan fingerprint density at radius 1 is 0.780 bits per heavy atom. The number of anilines is 2. The van der Waals surface area contributed by atoms with Crippen molar-refractivity contribution in [3.63, 3.8) is 0 Å². The average molecular weight is 648 g/mol. The fraction of sp³-hybridized carbons (Fsp3) is 0.0400. The van der Waals surface area contributed by atoms with E-state index >= 15 is 0 Å². The molecule has 0 bridgehead atoms. The van der Waals surface area contributed by atoms with Gasteiger partial charge in [-0.2, -0.15) is 13.2 Å². The highest BCUT2D eigenvalue weighted by Gasteiger charge is 2.40. The van der Waals surface area contributed by atoms with Gasteiger partial charge in [0, 0.05) is 12.4 Å². The third-order valence-corrected chi connectivity index (χ3v) is 9.77. The molecule has 16 heteroatoms. The predicted molar refractivity (Wildman–Crippen MR) is 145 cm³/mol. The second-order valence-electron chi connectivity index (χ2n) is 8.10. The summed E-state index contributed by atoms with van der Waals surface area (Å²) < 4.78 is 124. The van der Waals surface area contributed by atoms with Crippen LogP contribution in [0.5, 0.6) is 0 Å². The third-order valence-electron chi connectivity index (χ3n) is 5.43. The lowest BCUT2D eigenvalue weighted by molar-refractivity contribution is -0.137. The van der Waals surface area contributed by atoms with E-state index in [1.165, 1.54) is 0 Å². The van der Waals surface area contributed by atoms with Crippen molar-refractivity contribution in [2.75, 3.05) is 8.61 Å². The lowest BCUT2D eigenvalue weighted by Gasteiger charge is -2.33. The quantitative estimate of drug-likeness (QED) is 0.178. The first-order valence-corrected chi connectivity index (χ1v) is 14.7. The first kappa shape index (κ1) is 30.3. The Balaban J connectivity index is 2.03. The van der Waals surface area contributed by atoms with Crippen LogP contribution in [0.4, 0.5) is 33.3 Å². The first-order chi connectivity index (χ1) is 19.1. The van der Waals surface area contributed by atoms with Crippen LogP contribution >= 0.6 is 23.8 Å². The summed E-state index contributed by atoms with van der Waals surface area (Å²) in [6, 6.07) is 10.7. The minimum absolute atomic E-state index is 0.183. The standard InChI is InChI=1S/C25H15ClF5N3O4S3/c26-22-15-32-13-12-23(22)34(41(37,38)21-10-6-18(28)7-11-21)24(39)33(19-3-1-2-16(14-19)25(29,30)31)40(35,36)20-8-4-17(27)5-9-20/h1-15H. The van der Waals surface area contributed by atoms with E-state index in [1.54, 1.807) is 0 Å². The van der Waals surface area contributed by atoms with Gasteiger partial charge in [0.05, 0.1) is 31.8 Å². The van der Waals surface area contributed by atoms with Crippen LogP contribution in [-0.4, -0.2) is 26.9 Å². The molecule has 41 heavy (non-hydrogen) atoms. The number of thiocarbonyl (C=S) groups is 1. The minimum Gasteiger partial charge on any atom is -0.263 e. The van der Waals surface area contributed by atoms with Crippen LogP contribution in [0, 0.1) is 11.6 Å². The fourth-order valence-corrected chi connectivity index (χ4v) is 7.40. The molecular weight excluding hydrogens is 633 g/mol. The van der Waals surface area contributed by atoms with Crippen LogP contribution in [0.1, 0.15) is 5.56 Å². The molecule has 1 heterocycles. The lowest BCUT2D eigenvalue weighted by Crippen LogP contribution is -2.49. The summed E-state index contributed by atoms with van der Waals surface area (Å²) in [5.74, 6) is -1.61. The van der Waals surface area contributed by atoms with Crippen molar-refractivity contribution in [2.24, 2.45) is 0 Å². The highest BCUT2D eigenvalue weighted by Crippen LogP contribution is 2.37. The molecule has 0 radical (unpaired) electrons. The molecule has 0 fully saturated rings. The first-order valence-electron chi connectivity index (χ1n) is 11.1. The van der Waals surface area contributed by atoms with Crippen LogP contribution in [0.25, 0.3) is 0 Å². The van der Waals surface area contributed by atoms with Crippen LogP contribution in [0.3, 0.4) is 0 Å². The van der Waals surface area contributed by atoms with E-state index in [4.69, 9.17) is 23.8 Å². The summed E-state index contributed by atoms with van der Waals surface area (Å²) in [6.45, 7) is 0. The van der Waals surface area contributed by atoms with E-state index in [1.807, 2.05) is 0 Å². The molecule has 1 aromatic heterocycles. The van der Waals surface area contributed by atoms with Crippen molar-refractivity contribution in [1.29, 1.82) is 0 Å². The van der Waals surface area contributed by atoms with Gasteiger partial charge in [-0.25, -0.2) is 34.2 Å². The number of halogens is 6. The second kappa shape index (κ2) is 11.3. The van der Waals surface area contributed by atoms with Crippen LogP contribution in [0.2, 0.25) is 5.02 Å². The highest BCUT2D eigenvalue weighted by atomic mass is 35.5. The smallest absolute Gasteiger partial charge is 0.263 e. The van der Waals surface area contributed by atoms with Crippen molar-refractivity contribution < 1.29 is 38.8 Å². The van der Waals surface area contributed by atoms with Gasteiger partial charge in [-0.05, 0) is 85.0 Å². The summed E-state index contributed by atoms with van der Waals surface area (Å²) in [4.78, 5) is 2.58. The molecule has 0 aliphatic carbocycles. The zero-order valence-electron chi connectivity index (χ0n) is 20.1. The van der Waals surface area contributed by atoms with Crippen LogP contribution < -0.4 is 8.61 Å². The maximum atomic E-state index is 13.9. The molecule has 0 aliphatic heterocycles. The van der Waals surface area contributed by atoms with Crippen molar-refractivity contribution in [3.05, 3.63) is 113 Å². The van der Waals surface area contributed by atoms with Crippen molar-refractivity contribution in [3.8, 4) is 0 Å². The molecule has 0 aliphatic rings. The molecule has 214 valence electrons. The number of hydrogen-bond acceptors (Lipinski definition) is 6. The zero-order chi connectivity index (χ0) is 30.2. The Labute approximate surface area is 241 Å². The Morgan fingerprint density at radius 2 is 1.29 bits per heavy atom. The van der Waals surface area contributed by atoms with E-state index in [2.05, 4.69) is 4.98 Å². The molecule has 4 aromatic rings. The molecule has 0 saturated carbocycles. The van der Waals surface area contributed by atoms with Gasteiger partial charge in [0.15, 0.2) is 0 Å². The topological polar surface area (TPSA) is 87.7 Å². The van der Waals surface area contributed by atoms with Gasteiger partial charge >= 0.3 is 6.18 Å². The molecule has 4 rings (SSSR count). The van der Waals surface area contributed by atoms with Gasteiger partial charge in [-0.1, -0.05) is 17.7 Å². The fourth-order valence-electron chi connectivity index (χ4n) is 3.53. The largest absolute Gasteiger partial charge is 0.416 e. The van der Waals surface area contributed by atoms with E-state index in [9.17, 15) is 38.8 Å². The summed E-state index contributed by atoms with van der Waals surface area (Å²) in [7, 11) is -9.92. The van der Waals surface area contributed by atoms with E-state index in [-0.39, 0.29) is 9.33 Å². The van der Waals surface area contributed by atoms with E-state index < -0.39 is 69.7 Å². The number of hydrogen-bond donors (Lipinski definition) is 0. The zero-order valence-corrected chi connectivity index (χ0v) is 23.3. The molecule has 0 N–H and O–H groups in total. The molecular formula is C25H15ClF5N3O4S3. The average Bonchev–Trinajstić information content (AvgIpc) is 2.90. The number of nitrogens with zero attached hydrogens (tertiary/aromatic N) is 3. The molecule has 0 unspecified atom stereocenters. The Hall–Kier alpha value is -3.66. The van der Waals surface area contributed by atoms with Crippen LogP contribution in [0.15, 0.2) is 101 Å². The van der Waals surface area contributed by atoms with Crippen molar-refractivity contribution in [2.45, 2.75) is 16.0 Å². The Morgan fingerprint density at radius 3 is 1.78 bits per heavy atom. The number of benzene rings is 3. The number of alkyl halides is 3. The lowest BCUT2D eigenvalue weighted by atomic mass is 10.2. The van der Waals surface area contributed by atoms with Gasteiger partial charge in [0.1, 0.15) is 11.6 Å². The van der Waals surface area contributed by atoms with E-state index in [0.717, 1.165) is 79.1 Å². The van der Waals surface area contributed by atoms with Crippen molar-refractivity contribution in [1.82, 2.24) is 4.98 Å². The predicted octanol–water partition coefficient (Wildman–Crippen LogP) is 6.41. The maximum Gasteiger partial charge on any atom is 0.416 e. The third kappa shape index (κ3) is 6.17. The molecule has 0 atom stereocenters. The Bertz CT molecular complexity index is 1820. The summed E-state index contributed by atoms with van der Waals surface area (Å²) in [5, 5.41) is -1.41. The van der Waals surface area contributed by atoms with Crippen molar-refractivity contribution >= 4 is 60.4 Å². The van der Waals surface area contributed by atoms with Crippen LogP contribution in [-0.2, 0) is 26.2 Å². The van der Waals surface area contributed by atoms with E-state index in [0.29, 0.717) is 16.4 Å². The highest BCUT2D eigenvalue weighted by molar-refractivity contribution is 7.98. The molecule has 3 aromatic carbocycles. The second-order valence-corrected chi connectivity index (χ2v) is 12.5. The molecule has 0 saturated heterocycles. The summed E-state index contributed by atoms with van der Waals surface area (Å²) >= 11 is 11.6.